The summed E-state index contributed by atoms with van der Waals surface area (Å²) >= 11 is 11.8. The topological polar surface area (TPSA) is 70.6 Å². The Kier molecular flexibility index (Phi) is 7.18. The monoisotopic (exact) mass is 391 g/mol. The maximum absolute atomic E-state index is 12.2. The molecule has 0 aliphatic rings. The first-order valence-electron chi connectivity index (χ1n) is 8.16. The third-order valence-corrected chi connectivity index (χ3v) is 4.34. The van der Waals surface area contributed by atoms with Gasteiger partial charge in [0.15, 0.2) is 0 Å². The van der Waals surface area contributed by atoms with Crippen molar-refractivity contribution >= 4 is 46.9 Å². The van der Waals surface area contributed by atoms with Crippen LogP contribution in [0, 0.1) is 0 Å². The Morgan fingerprint density at radius 1 is 1.04 bits per heavy atom. The molecule has 2 aromatic rings. The van der Waals surface area contributed by atoms with E-state index in [1.54, 1.807) is 18.2 Å². The second kappa shape index (κ2) is 9.36. The number of anilines is 1. The molecule has 0 unspecified atom stereocenters. The van der Waals surface area contributed by atoms with Crippen LogP contribution in [0.15, 0.2) is 41.5 Å². The van der Waals surface area contributed by atoms with Crippen LogP contribution in [0.25, 0.3) is 0 Å². The van der Waals surface area contributed by atoms with Gasteiger partial charge in [-0.3, -0.25) is 9.59 Å². The summed E-state index contributed by atoms with van der Waals surface area (Å²) in [7, 11) is 0. The van der Waals surface area contributed by atoms with Gasteiger partial charge in [0.1, 0.15) is 0 Å². The van der Waals surface area contributed by atoms with E-state index in [0.29, 0.717) is 21.3 Å². The average molecular weight is 392 g/mol. The van der Waals surface area contributed by atoms with Gasteiger partial charge in [-0.1, -0.05) is 61.3 Å². The summed E-state index contributed by atoms with van der Waals surface area (Å²) in [6.07, 6.45) is 2.85. The lowest BCUT2D eigenvalue weighted by Gasteiger charge is -2.13. The molecular formula is C19H19Cl2N3O2. The number of hydrazone groups is 1. The lowest BCUT2D eigenvalue weighted by molar-refractivity contribution is -0.136. The number of halogens is 2. The number of hydrogen-bond acceptors (Lipinski definition) is 3. The molecule has 0 aliphatic heterocycles. The summed E-state index contributed by atoms with van der Waals surface area (Å²) in [6, 6.07) is 10.7. The van der Waals surface area contributed by atoms with E-state index in [4.69, 9.17) is 23.2 Å². The van der Waals surface area contributed by atoms with Crippen LogP contribution >= 0.6 is 23.2 Å². The highest BCUT2D eigenvalue weighted by Crippen LogP contribution is 2.22. The predicted molar refractivity (Wildman–Crippen MR) is 106 cm³/mol. The van der Waals surface area contributed by atoms with Gasteiger partial charge >= 0.3 is 11.8 Å². The molecule has 2 N–H and O–H groups in total. The van der Waals surface area contributed by atoms with Crippen molar-refractivity contribution in [2.24, 2.45) is 5.10 Å². The largest absolute Gasteiger partial charge is 0.329 e. The van der Waals surface area contributed by atoms with Gasteiger partial charge in [-0.25, -0.2) is 5.43 Å². The molecular weight excluding hydrogens is 373 g/mol. The fraction of sp³-hybridized carbons (Fsp3) is 0.211. The van der Waals surface area contributed by atoms with Crippen LogP contribution < -0.4 is 10.7 Å². The van der Waals surface area contributed by atoms with E-state index >= 15 is 0 Å². The summed E-state index contributed by atoms with van der Waals surface area (Å²) in [6.45, 7) is 3.98. The molecule has 0 fully saturated rings. The van der Waals surface area contributed by atoms with E-state index in [1.165, 1.54) is 6.21 Å². The normalized spacial score (nSPS) is 10.8. The number of hydrogen-bond donors (Lipinski definition) is 2. The summed E-state index contributed by atoms with van der Waals surface area (Å²) in [5.41, 5.74) is 5.40. The van der Waals surface area contributed by atoms with Gasteiger partial charge in [0.25, 0.3) is 0 Å². The van der Waals surface area contributed by atoms with Crippen LogP contribution in [0.3, 0.4) is 0 Å². The molecule has 0 bridgehead atoms. The van der Waals surface area contributed by atoms with Crippen LogP contribution in [0.4, 0.5) is 5.69 Å². The first-order valence-corrected chi connectivity index (χ1v) is 8.92. The van der Waals surface area contributed by atoms with E-state index in [-0.39, 0.29) is 0 Å². The molecule has 7 heteroatoms. The van der Waals surface area contributed by atoms with Crippen LogP contribution in [0.5, 0.6) is 0 Å². The number of nitrogens with one attached hydrogen (secondary N) is 2. The number of para-hydroxylation sites is 1. The van der Waals surface area contributed by atoms with E-state index < -0.39 is 11.8 Å². The molecule has 5 nitrogen and oxygen atoms in total. The Bertz CT molecular complexity index is 828. The van der Waals surface area contributed by atoms with Crippen LogP contribution in [-0.2, 0) is 22.4 Å². The first-order chi connectivity index (χ1) is 12.5. The molecule has 2 amide bonds. The van der Waals surface area contributed by atoms with Crippen molar-refractivity contribution in [2.75, 3.05) is 5.32 Å². The number of carbonyl (C=O) groups excluding carboxylic acids is 2. The van der Waals surface area contributed by atoms with Crippen molar-refractivity contribution in [1.29, 1.82) is 0 Å². The molecule has 0 radical (unpaired) electrons. The highest BCUT2D eigenvalue weighted by Gasteiger charge is 2.16. The van der Waals surface area contributed by atoms with Crippen LogP contribution in [0.1, 0.15) is 30.5 Å². The minimum Gasteiger partial charge on any atom is -0.317 e. The Morgan fingerprint density at radius 2 is 1.69 bits per heavy atom. The van der Waals surface area contributed by atoms with Crippen LogP contribution in [0.2, 0.25) is 10.0 Å². The van der Waals surface area contributed by atoms with Gasteiger partial charge in [0.05, 0.1) is 11.2 Å². The summed E-state index contributed by atoms with van der Waals surface area (Å²) in [5, 5.41) is 7.34. The second-order valence-electron chi connectivity index (χ2n) is 5.48. The lowest BCUT2D eigenvalue weighted by Crippen LogP contribution is -2.33. The molecule has 0 saturated carbocycles. The second-order valence-corrected chi connectivity index (χ2v) is 6.32. The number of nitrogens with zero attached hydrogens (tertiary/aromatic N) is 1. The maximum Gasteiger partial charge on any atom is 0.329 e. The number of amides is 2. The summed E-state index contributed by atoms with van der Waals surface area (Å²) in [4.78, 5) is 24.1. The Morgan fingerprint density at radius 3 is 2.27 bits per heavy atom. The molecule has 0 aromatic heterocycles. The third-order valence-electron chi connectivity index (χ3n) is 3.78. The van der Waals surface area contributed by atoms with Crippen molar-refractivity contribution in [3.8, 4) is 0 Å². The number of benzene rings is 2. The number of carbonyl (C=O) groups is 2. The van der Waals surface area contributed by atoms with Gasteiger partial charge < -0.3 is 5.32 Å². The fourth-order valence-electron chi connectivity index (χ4n) is 2.39. The van der Waals surface area contributed by atoms with Crippen molar-refractivity contribution in [3.63, 3.8) is 0 Å². The standard InChI is InChI=1S/C19H19Cl2N3O2/c1-3-12-6-5-7-13(4-2)17(12)23-18(25)19(26)24-22-11-14-8-9-15(20)10-16(14)21/h5-11H,3-4H2,1-2H3,(H,23,25)(H,24,26)/b22-11-. The fourth-order valence-corrected chi connectivity index (χ4v) is 2.85. The van der Waals surface area contributed by atoms with Gasteiger partial charge in [-0.15, -0.1) is 0 Å². The van der Waals surface area contributed by atoms with Crippen molar-refractivity contribution in [3.05, 3.63) is 63.1 Å². The molecule has 0 heterocycles. The zero-order valence-electron chi connectivity index (χ0n) is 14.5. The van der Waals surface area contributed by atoms with E-state index in [2.05, 4.69) is 15.8 Å². The predicted octanol–water partition coefficient (Wildman–Crippen LogP) is 4.21. The summed E-state index contributed by atoms with van der Waals surface area (Å²) < 4.78 is 0. The van der Waals surface area contributed by atoms with Crippen molar-refractivity contribution < 1.29 is 9.59 Å². The average Bonchev–Trinajstić information content (AvgIpc) is 2.63. The molecule has 0 saturated heterocycles. The molecule has 2 rings (SSSR count). The Hall–Kier alpha value is -2.37. The zero-order valence-corrected chi connectivity index (χ0v) is 16.0. The first kappa shape index (κ1) is 19.9. The van der Waals surface area contributed by atoms with Crippen molar-refractivity contribution in [1.82, 2.24) is 5.43 Å². The molecule has 0 atom stereocenters. The molecule has 136 valence electrons. The molecule has 0 aliphatic carbocycles. The molecule has 26 heavy (non-hydrogen) atoms. The van der Waals surface area contributed by atoms with Gasteiger partial charge in [0.2, 0.25) is 0 Å². The lowest BCUT2D eigenvalue weighted by atomic mass is 10.0. The smallest absolute Gasteiger partial charge is 0.317 e. The molecule has 0 spiro atoms. The number of rotatable bonds is 5. The Labute approximate surface area is 162 Å². The maximum atomic E-state index is 12.2. The molecule has 2 aromatic carbocycles. The van der Waals surface area contributed by atoms with Gasteiger partial charge in [-0.05, 0) is 36.1 Å². The Balaban J connectivity index is 2.04. The van der Waals surface area contributed by atoms with Crippen molar-refractivity contribution in [2.45, 2.75) is 26.7 Å². The summed E-state index contributed by atoms with van der Waals surface area (Å²) in [5.74, 6) is -1.64. The highest BCUT2D eigenvalue weighted by molar-refractivity contribution is 6.40. The van der Waals surface area contributed by atoms with E-state index in [9.17, 15) is 9.59 Å². The zero-order chi connectivity index (χ0) is 19.1. The van der Waals surface area contributed by atoms with Crippen LogP contribution in [-0.4, -0.2) is 18.0 Å². The van der Waals surface area contributed by atoms with Gasteiger partial charge in [0, 0.05) is 16.3 Å². The highest BCUT2D eigenvalue weighted by atomic mass is 35.5. The van der Waals surface area contributed by atoms with Gasteiger partial charge in [-0.2, -0.15) is 5.10 Å². The quantitative estimate of drug-likeness (QED) is 0.455. The van der Waals surface area contributed by atoms with E-state index in [0.717, 1.165) is 24.0 Å². The number of aryl methyl sites for hydroxylation is 2. The minimum absolute atomic E-state index is 0.393. The van der Waals surface area contributed by atoms with E-state index in [1.807, 2.05) is 32.0 Å². The SMILES string of the molecule is CCc1cccc(CC)c1NC(=O)C(=O)N/N=C\c1ccc(Cl)cc1Cl. The third kappa shape index (κ3) is 5.07. The minimum atomic E-state index is -0.862.